The van der Waals surface area contributed by atoms with Gasteiger partial charge in [-0.1, -0.05) is 102 Å². The molecule has 0 saturated carbocycles. The zero-order valence-electron chi connectivity index (χ0n) is 23.2. The van der Waals surface area contributed by atoms with Crippen molar-refractivity contribution in [3.8, 4) is 11.5 Å². The fourth-order valence-corrected chi connectivity index (χ4v) is 5.20. The molecule has 2 aromatic carbocycles. The molecule has 6 heteroatoms. The number of hydrogen-bond donors (Lipinski definition) is 1. The molecular weight excluding hydrogens is 492 g/mol. The molecule has 0 saturated heterocycles. The van der Waals surface area contributed by atoms with Gasteiger partial charge in [0.1, 0.15) is 0 Å². The Morgan fingerprint density at radius 3 is 2.03 bits per heavy atom. The molecule has 0 aliphatic carbocycles. The van der Waals surface area contributed by atoms with Gasteiger partial charge in [-0.3, -0.25) is 4.79 Å². The highest BCUT2D eigenvalue weighted by Gasteiger charge is 2.09. The molecule has 0 unspecified atom stereocenters. The van der Waals surface area contributed by atoms with E-state index < -0.39 is 0 Å². The van der Waals surface area contributed by atoms with Crippen LogP contribution in [0.4, 0.5) is 5.69 Å². The highest BCUT2D eigenvalue weighted by molar-refractivity contribution is 8.02. The average Bonchev–Trinajstić information content (AvgIpc) is 3.45. The van der Waals surface area contributed by atoms with E-state index in [1.807, 2.05) is 48.5 Å². The molecule has 0 radical (unpaired) electrons. The SMILES string of the molecule is CCCCCCCCCCCCCCOc1ccccc1OCC(=O)Nc1ccc(CN2C=CSC2)cc1. The number of nitrogens with zero attached hydrogens (tertiary/aromatic N) is 1. The van der Waals surface area contributed by atoms with E-state index in [-0.39, 0.29) is 12.5 Å². The Morgan fingerprint density at radius 1 is 0.816 bits per heavy atom. The molecule has 0 fully saturated rings. The van der Waals surface area contributed by atoms with E-state index in [0.717, 1.165) is 24.5 Å². The molecule has 1 amide bonds. The van der Waals surface area contributed by atoms with E-state index in [1.165, 1.54) is 76.2 Å². The van der Waals surface area contributed by atoms with E-state index in [1.54, 1.807) is 11.8 Å². The van der Waals surface area contributed by atoms with E-state index >= 15 is 0 Å². The molecule has 1 aliphatic heterocycles. The number of thioether (sulfide) groups is 1. The van der Waals surface area contributed by atoms with E-state index in [9.17, 15) is 4.79 Å². The van der Waals surface area contributed by atoms with E-state index in [2.05, 4.69) is 28.7 Å². The van der Waals surface area contributed by atoms with Gasteiger partial charge in [-0.15, -0.1) is 11.8 Å². The minimum absolute atomic E-state index is 0.0590. The maximum Gasteiger partial charge on any atom is 0.262 e. The minimum Gasteiger partial charge on any atom is -0.490 e. The summed E-state index contributed by atoms with van der Waals surface area (Å²) in [6.07, 6.45) is 18.0. The average molecular weight is 539 g/mol. The second-order valence-corrected chi connectivity index (χ2v) is 10.9. The fourth-order valence-electron chi connectivity index (χ4n) is 4.49. The van der Waals surface area contributed by atoms with Crippen LogP contribution < -0.4 is 14.8 Å². The molecule has 3 rings (SSSR count). The van der Waals surface area contributed by atoms with Crippen LogP contribution in [0, 0.1) is 0 Å². The summed E-state index contributed by atoms with van der Waals surface area (Å²) in [6, 6.07) is 15.6. The fraction of sp³-hybridized carbons (Fsp3) is 0.531. The Bertz CT molecular complexity index is 948. The summed E-state index contributed by atoms with van der Waals surface area (Å²) < 4.78 is 11.8. The molecule has 208 valence electrons. The van der Waals surface area contributed by atoms with E-state index in [0.29, 0.717) is 18.1 Å². The van der Waals surface area contributed by atoms with Crippen molar-refractivity contribution in [3.63, 3.8) is 0 Å². The maximum atomic E-state index is 12.4. The smallest absolute Gasteiger partial charge is 0.262 e. The quantitative estimate of drug-likeness (QED) is 0.171. The summed E-state index contributed by atoms with van der Waals surface area (Å²) in [6.45, 7) is 3.75. The number of rotatable bonds is 20. The summed E-state index contributed by atoms with van der Waals surface area (Å²) in [5.41, 5.74) is 1.98. The monoisotopic (exact) mass is 538 g/mol. The van der Waals surface area contributed by atoms with Gasteiger partial charge in [-0.05, 0) is 41.7 Å². The molecule has 0 bridgehead atoms. The van der Waals surface area contributed by atoms with Gasteiger partial charge in [0.15, 0.2) is 18.1 Å². The van der Waals surface area contributed by atoms with Crippen molar-refractivity contribution in [3.05, 3.63) is 65.7 Å². The summed E-state index contributed by atoms with van der Waals surface area (Å²) in [5, 5.41) is 5.02. The summed E-state index contributed by atoms with van der Waals surface area (Å²) in [4.78, 5) is 14.7. The Kier molecular flexibility index (Phi) is 14.7. The highest BCUT2D eigenvalue weighted by atomic mass is 32.2. The standard InChI is InChI=1S/C32H46N2O3S/c1-2-3-4-5-6-7-8-9-10-11-12-15-23-36-30-16-13-14-17-31(30)37-26-32(35)33-29-20-18-28(19-21-29)25-34-22-24-38-27-34/h13-14,16-22,24H,2-12,15,23,25-27H2,1H3,(H,33,35). The topological polar surface area (TPSA) is 50.8 Å². The molecule has 0 spiro atoms. The predicted molar refractivity (Wildman–Crippen MR) is 161 cm³/mol. The van der Waals surface area contributed by atoms with Gasteiger partial charge in [0.05, 0.1) is 12.5 Å². The third-order valence-electron chi connectivity index (χ3n) is 6.69. The van der Waals surface area contributed by atoms with Crippen LogP contribution in [0.3, 0.4) is 0 Å². The number of anilines is 1. The molecule has 38 heavy (non-hydrogen) atoms. The summed E-state index contributed by atoms with van der Waals surface area (Å²) >= 11 is 1.79. The zero-order valence-corrected chi connectivity index (χ0v) is 24.0. The number of ether oxygens (including phenoxy) is 2. The van der Waals surface area contributed by atoms with Crippen molar-refractivity contribution in [1.29, 1.82) is 0 Å². The molecule has 1 aliphatic rings. The highest BCUT2D eigenvalue weighted by Crippen LogP contribution is 2.27. The van der Waals surface area contributed by atoms with Gasteiger partial charge in [0, 0.05) is 18.4 Å². The first-order valence-electron chi connectivity index (χ1n) is 14.5. The van der Waals surface area contributed by atoms with Crippen molar-refractivity contribution < 1.29 is 14.3 Å². The van der Waals surface area contributed by atoms with Crippen LogP contribution >= 0.6 is 11.8 Å². The van der Waals surface area contributed by atoms with Crippen LogP contribution in [0.2, 0.25) is 0 Å². The normalized spacial score (nSPS) is 12.6. The molecule has 1 N–H and O–H groups in total. The number of carbonyl (C=O) groups is 1. The Labute approximate surface area is 234 Å². The lowest BCUT2D eigenvalue weighted by Gasteiger charge is -2.15. The summed E-state index contributed by atoms with van der Waals surface area (Å²) in [5.74, 6) is 2.10. The van der Waals surface area contributed by atoms with Crippen molar-refractivity contribution in [1.82, 2.24) is 4.90 Å². The molecule has 1 heterocycles. The van der Waals surface area contributed by atoms with Crippen molar-refractivity contribution >= 4 is 23.4 Å². The molecular formula is C32H46N2O3S. The van der Waals surface area contributed by atoms with Gasteiger partial charge in [-0.25, -0.2) is 0 Å². The number of unbranched alkanes of at least 4 members (excludes halogenated alkanes) is 11. The number of carbonyl (C=O) groups excluding carboxylic acids is 1. The Hall–Kier alpha value is -2.60. The zero-order chi connectivity index (χ0) is 26.7. The van der Waals surface area contributed by atoms with Crippen LogP contribution in [0.1, 0.15) is 89.5 Å². The van der Waals surface area contributed by atoms with Crippen molar-refractivity contribution in [2.45, 2.75) is 90.5 Å². The third kappa shape index (κ3) is 12.3. The first kappa shape index (κ1) is 29.9. The van der Waals surface area contributed by atoms with Crippen LogP contribution in [0.25, 0.3) is 0 Å². The Morgan fingerprint density at radius 2 is 1.42 bits per heavy atom. The van der Waals surface area contributed by atoms with Crippen molar-refractivity contribution in [2.24, 2.45) is 0 Å². The lowest BCUT2D eigenvalue weighted by atomic mass is 10.1. The second-order valence-electron chi connectivity index (χ2n) is 10.0. The van der Waals surface area contributed by atoms with Gasteiger partial charge in [0.2, 0.25) is 0 Å². The number of nitrogens with one attached hydrogen (secondary N) is 1. The van der Waals surface area contributed by atoms with Gasteiger partial charge in [0.25, 0.3) is 5.91 Å². The lowest BCUT2D eigenvalue weighted by molar-refractivity contribution is -0.118. The Balaban J connectivity index is 1.26. The van der Waals surface area contributed by atoms with Gasteiger partial charge in [-0.2, -0.15) is 0 Å². The first-order chi connectivity index (χ1) is 18.7. The number of para-hydroxylation sites is 2. The van der Waals surface area contributed by atoms with Crippen LogP contribution in [0.15, 0.2) is 60.1 Å². The lowest BCUT2D eigenvalue weighted by Crippen LogP contribution is -2.20. The number of benzene rings is 2. The van der Waals surface area contributed by atoms with Crippen LogP contribution in [-0.2, 0) is 11.3 Å². The second kappa shape index (κ2) is 18.6. The van der Waals surface area contributed by atoms with Crippen LogP contribution in [-0.4, -0.2) is 29.9 Å². The molecule has 0 aromatic heterocycles. The third-order valence-corrected chi connectivity index (χ3v) is 7.49. The van der Waals surface area contributed by atoms with Crippen molar-refractivity contribution in [2.75, 3.05) is 24.4 Å². The molecule has 5 nitrogen and oxygen atoms in total. The largest absolute Gasteiger partial charge is 0.490 e. The number of amides is 1. The van der Waals surface area contributed by atoms with Crippen LogP contribution in [0.5, 0.6) is 11.5 Å². The van der Waals surface area contributed by atoms with Gasteiger partial charge < -0.3 is 19.7 Å². The molecule has 2 aromatic rings. The predicted octanol–water partition coefficient (Wildman–Crippen LogP) is 8.76. The first-order valence-corrected chi connectivity index (χ1v) is 15.5. The van der Waals surface area contributed by atoms with Gasteiger partial charge >= 0.3 is 0 Å². The minimum atomic E-state index is -0.188. The molecule has 0 atom stereocenters. The maximum absolute atomic E-state index is 12.4. The van der Waals surface area contributed by atoms with E-state index in [4.69, 9.17) is 9.47 Å². The summed E-state index contributed by atoms with van der Waals surface area (Å²) in [7, 11) is 0. The number of hydrogen-bond acceptors (Lipinski definition) is 5.